The molecule has 0 unspecified atom stereocenters. The lowest BCUT2D eigenvalue weighted by Crippen LogP contribution is -2.30. The van der Waals surface area contributed by atoms with Gasteiger partial charge in [0.15, 0.2) is 11.5 Å². The Morgan fingerprint density at radius 3 is 2.15 bits per heavy atom. The molecule has 1 saturated heterocycles. The number of methoxy groups -OCH3 is 3. The SMILES string of the molecule is COc1cc(OC)c([C@@H]2SCCN2S(=O)(=O)c2ccc(C)cc2)cc1OC. The molecule has 27 heavy (non-hydrogen) atoms. The van der Waals surface area contributed by atoms with E-state index in [1.54, 1.807) is 57.4 Å². The normalized spacial score (nSPS) is 17.7. The number of nitrogens with zero attached hydrogens (tertiary/aromatic N) is 1. The summed E-state index contributed by atoms with van der Waals surface area (Å²) in [6.45, 7) is 2.36. The summed E-state index contributed by atoms with van der Waals surface area (Å²) in [5.41, 5.74) is 1.76. The lowest BCUT2D eigenvalue weighted by atomic mass is 10.1. The Kier molecular flexibility index (Phi) is 5.88. The van der Waals surface area contributed by atoms with Crippen molar-refractivity contribution in [1.29, 1.82) is 0 Å². The van der Waals surface area contributed by atoms with Crippen LogP contribution in [0, 0.1) is 6.92 Å². The fourth-order valence-corrected chi connectivity index (χ4v) is 6.28. The molecule has 1 aliphatic rings. The van der Waals surface area contributed by atoms with E-state index in [-0.39, 0.29) is 0 Å². The second-order valence-corrected chi connectivity index (χ2v) is 9.18. The maximum absolute atomic E-state index is 13.2. The summed E-state index contributed by atoms with van der Waals surface area (Å²) in [4.78, 5) is 0.292. The Morgan fingerprint density at radius 1 is 0.963 bits per heavy atom. The van der Waals surface area contributed by atoms with Crippen molar-refractivity contribution >= 4 is 21.8 Å². The number of sulfonamides is 1. The molecule has 1 aliphatic heterocycles. The van der Waals surface area contributed by atoms with E-state index in [1.807, 2.05) is 19.1 Å². The first-order chi connectivity index (χ1) is 12.9. The second kappa shape index (κ2) is 8.00. The van der Waals surface area contributed by atoms with Crippen molar-refractivity contribution in [2.45, 2.75) is 17.2 Å². The highest BCUT2D eigenvalue weighted by molar-refractivity contribution is 8.01. The molecule has 2 aromatic carbocycles. The van der Waals surface area contributed by atoms with Crippen LogP contribution in [0.1, 0.15) is 16.5 Å². The van der Waals surface area contributed by atoms with Crippen molar-refractivity contribution in [2.24, 2.45) is 0 Å². The molecule has 2 aromatic rings. The average Bonchev–Trinajstić information content (AvgIpc) is 3.17. The first kappa shape index (κ1) is 19.9. The Bertz CT molecular complexity index is 912. The molecule has 0 bridgehead atoms. The second-order valence-electron chi connectivity index (χ2n) is 6.10. The fraction of sp³-hybridized carbons (Fsp3) is 0.368. The molecule has 6 nitrogen and oxygen atoms in total. The topological polar surface area (TPSA) is 65.1 Å². The van der Waals surface area contributed by atoms with Gasteiger partial charge in [0, 0.05) is 23.9 Å². The van der Waals surface area contributed by atoms with Gasteiger partial charge in [-0.15, -0.1) is 11.8 Å². The molecule has 1 fully saturated rings. The lowest BCUT2D eigenvalue weighted by molar-refractivity contribution is 0.344. The fourth-order valence-electron chi connectivity index (χ4n) is 3.04. The van der Waals surface area contributed by atoms with Gasteiger partial charge in [-0.1, -0.05) is 17.7 Å². The van der Waals surface area contributed by atoms with Gasteiger partial charge in [0.05, 0.1) is 31.6 Å². The molecule has 8 heteroatoms. The summed E-state index contributed by atoms with van der Waals surface area (Å²) >= 11 is 1.56. The van der Waals surface area contributed by atoms with E-state index in [4.69, 9.17) is 14.2 Å². The highest BCUT2D eigenvalue weighted by Crippen LogP contribution is 2.47. The van der Waals surface area contributed by atoms with Crippen molar-refractivity contribution in [1.82, 2.24) is 4.31 Å². The van der Waals surface area contributed by atoms with Crippen LogP contribution in [-0.4, -0.2) is 46.4 Å². The molecular formula is C19H23NO5S2. The van der Waals surface area contributed by atoms with Crippen LogP contribution in [0.4, 0.5) is 0 Å². The monoisotopic (exact) mass is 409 g/mol. The third-order valence-corrected chi connectivity index (χ3v) is 7.73. The molecule has 0 aliphatic carbocycles. The first-order valence-corrected chi connectivity index (χ1v) is 10.9. The number of hydrogen-bond acceptors (Lipinski definition) is 6. The zero-order chi connectivity index (χ0) is 19.6. The molecule has 1 atom stereocenters. The Hall–Kier alpha value is -1.90. The minimum Gasteiger partial charge on any atom is -0.496 e. The highest BCUT2D eigenvalue weighted by Gasteiger charge is 2.38. The van der Waals surface area contributed by atoms with Crippen LogP contribution in [0.3, 0.4) is 0 Å². The predicted octanol–water partition coefficient (Wildman–Crippen LogP) is 3.46. The average molecular weight is 410 g/mol. The number of rotatable bonds is 6. The summed E-state index contributed by atoms with van der Waals surface area (Å²) < 4.78 is 44.2. The highest BCUT2D eigenvalue weighted by atomic mass is 32.2. The summed E-state index contributed by atoms with van der Waals surface area (Å²) in [7, 11) is 1.03. The quantitative estimate of drug-likeness (QED) is 0.728. The van der Waals surface area contributed by atoms with Crippen LogP contribution < -0.4 is 14.2 Å². The molecule has 0 saturated carbocycles. The first-order valence-electron chi connectivity index (χ1n) is 8.42. The lowest BCUT2D eigenvalue weighted by Gasteiger charge is -2.25. The van der Waals surface area contributed by atoms with Gasteiger partial charge in [-0.25, -0.2) is 8.42 Å². The third kappa shape index (κ3) is 3.74. The number of hydrogen-bond donors (Lipinski definition) is 0. The largest absolute Gasteiger partial charge is 0.496 e. The number of ether oxygens (including phenoxy) is 3. The Labute approximate surface area is 164 Å². The van der Waals surface area contributed by atoms with Crippen LogP contribution in [0.2, 0.25) is 0 Å². The van der Waals surface area contributed by atoms with Crippen molar-refractivity contribution in [3.05, 3.63) is 47.5 Å². The van der Waals surface area contributed by atoms with Crippen LogP contribution in [-0.2, 0) is 10.0 Å². The zero-order valence-corrected chi connectivity index (χ0v) is 17.4. The maximum atomic E-state index is 13.2. The zero-order valence-electron chi connectivity index (χ0n) is 15.8. The summed E-state index contributed by atoms with van der Waals surface area (Å²) in [6.07, 6.45) is 0. The summed E-state index contributed by atoms with van der Waals surface area (Å²) in [5.74, 6) is 2.34. The summed E-state index contributed by atoms with van der Waals surface area (Å²) in [6, 6.07) is 10.4. The van der Waals surface area contributed by atoms with Gasteiger partial charge in [-0.3, -0.25) is 0 Å². The van der Waals surface area contributed by atoms with E-state index >= 15 is 0 Å². The van der Waals surface area contributed by atoms with Gasteiger partial charge in [-0.05, 0) is 25.1 Å². The maximum Gasteiger partial charge on any atom is 0.244 e. The third-order valence-electron chi connectivity index (χ3n) is 4.48. The van der Waals surface area contributed by atoms with E-state index in [9.17, 15) is 8.42 Å². The number of thioether (sulfide) groups is 1. The number of benzene rings is 2. The van der Waals surface area contributed by atoms with Crippen molar-refractivity contribution in [3.63, 3.8) is 0 Å². The van der Waals surface area contributed by atoms with Crippen molar-refractivity contribution < 1.29 is 22.6 Å². The van der Waals surface area contributed by atoms with Gasteiger partial charge >= 0.3 is 0 Å². The molecule has 0 radical (unpaired) electrons. The van der Waals surface area contributed by atoms with Crippen molar-refractivity contribution in [2.75, 3.05) is 33.6 Å². The van der Waals surface area contributed by atoms with Gasteiger partial charge in [0.2, 0.25) is 10.0 Å². The van der Waals surface area contributed by atoms with Crippen LogP contribution in [0.5, 0.6) is 17.2 Å². The Morgan fingerprint density at radius 2 is 1.56 bits per heavy atom. The van der Waals surface area contributed by atoms with Gasteiger partial charge in [0.25, 0.3) is 0 Å². The number of aryl methyl sites for hydroxylation is 1. The standard InChI is InChI=1S/C19H23NO5S2/c1-13-5-7-14(8-6-13)27(21,22)20-9-10-26-19(20)15-11-17(24-3)18(25-4)12-16(15)23-2/h5-8,11-12,19H,9-10H2,1-4H3/t19-/m0/s1. The molecule has 0 N–H and O–H groups in total. The van der Waals surface area contributed by atoms with Crippen LogP contribution in [0.25, 0.3) is 0 Å². The molecule has 0 spiro atoms. The molecule has 0 aromatic heterocycles. The van der Waals surface area contributed by atoms with Gasteiger partial charge in [-0.2, -0.15) is 4.31 Å². The Balaban J connectivity index is 2.05. The van der Waals surface area contributed by atoms with Crippen LogP contribution in [0.15, 0.2) is 41.3 Å². The molecule has 0 amide bonds. The predicted molar refractivity (Wildman–Crippen MR) is 106 cm³/mol. The van der Waals surface area contributed by atoms with E-state index in [1.165, 1.54) is 4.31 Å². The molecule has 1 heterocycles. The van der Waals surface area contributed by atoms with E-state index in [0.717, 1.165) is 11.1 Å². The van der Waals surface area contributed by atoms with Crippen molar-refractivity contribution in [3.8, 4) is 17.2 Å². The smallest absolute Gasteiger partial charge is 0.244 e. The molecule has 3 rings (SSSR count). The molecule has 146 valence electrons. The van der Waals surface area contributed by atoms with Gasteiger partial charge in [0.1, 0.15) is 5.75 Å². The van der Waals surface area contributed by atoms with E-state index in [2.05, 4.69) is 0 Å². The molecular weight excluding hydrogens is 386 g/mol. The van der Waals surface area contributed by atoms with Crippen LogP contribution >= 0.6 is 11.8 Å². The van der Waals surface area contributed by atoms with E-state index in [0.29, 0.717) is 34.4 Å². The minimum absolute atomic E-state index is 0.292. The minimum atomic E-state index is -3.63. The van der Waals surface area contributed by atoms with E-state index < -0.39 is 15.4 Å². The van der Waals surface area contributed by atoms with Gasteiger partial charge < -0.3 is 14.2 Å². The summed E-state index contributed by atoms with van der Waals surface area (Å²) in [5, 5.41) is -0.397.